The van der Waals surface area contributed by atoms with Gasteiger partial charge < -0.3 is 4.74 Å². The molecule has 2 nitrogen and oxygen atoms in total. The van der Waals surface area contributed by atoms with Crippen molar-refractivity contribution in [3.05, 3.63) is 129 Å². The number of methoxy groups -OCH3 is 1. The highest BCUT2D eigenvalue weighted by atomic mass is 32.1. The topological polar surface area (TPSA) is 26.3 Å². The summed E-state index contributed by atoms with van der Waals surface area (Å²) in [5, 5.41) is 0. The summed E-state index contributed by atoms with van der Waals surface area (Å²) in [6.45, 7) is 0. The first-order valence-electron chi connectivity index (χ1n) is 9.61. The van der Waals surface area contributed by atoms with E-state index in [1.807, 2.05) is 60.7 Å². The van der Waals surface area contributed by atoms with Gasteiger partial charge in [0.15, 0.2) is 0 Å². The Kier molecular flexibility index (Phi) is 5.87. The molecule has 0 atom stereocenters. The van der Waals surface area contributed by atoms with Gasteiger partial charge in [-0.3, -0.25) is 0 Å². The first kappa shape index (κ1) is 19.2. The smallest absolute Gasteiger partial charge is 0.339 e. The van der Waals surface area contributed by atoms with Crippen molar-refractivity contribution in [1.29, 1.82) is 0 Å². The van der Waals surface area contributed by atoms with Crippen molar-refractivity contribution >= 4 is 17.3 Å². The molecular formula is C26H22O2S. The van der Waals surface area contributed by atoms with Gasteiger partial charge in [0.1, 0.15) is 0 Å². The Morgan fingerprint density at radius 3 is 1.86 bits per heavy atom. The Labute approximate surface area is 175 Å². The van der Waals surface area contributed by atoms with Crippen LogP contribution in [-0.4, -0.2) is 13.1 Å². The van der Waals surface area contributed by atoms with Gasteiger partial charge in [-0.2, -0.15) is 0 Å². The molecule has 0 saturated heterocycles. The van der Waals surface area contributed by atoms with Crippen LogP contribution in [0, 0.1) is 0 Å². The van der Waals surface area contributed by atoms with Crippen LogP contribution in [0.2, 0.25) is 0 Å². The minimum absolute atomic E-state index is 0.0129. The van der Waals surface area contributed by atoms with Crippen LogP contribution in [0.15, 0.2) is 97.1 Å². The van der Waals surface area contributed by atoms with Crippen molar-refractivity contribution in [2.24, 2.45) is 0 Å². The molecule has 29 heavy (non-hydrogen) atoms. The summed E-state index contributed by atoms with van der Waals surface area (Å²) in [7, 11) is 1.45. The minimum Gasteiger partial charge on any atom is -0.465 e. The summed E-state index contributed by atoms with van der Waals surface area (Å²) < 4.78 is 5.13. The van der Waals surface area contributed by atoms with E-state index in [0.717, 1.165) is 27.3 Å². The molecule has 3 aromatic carbocycles. The van der Waals surface area contributed by atoms with Gasteiger partial charge in [-0.1, -0.05) is 91.0 Å². The minimum atomic E-state index is -0.285. The van der Waals surface area contributed by atoms with Crippen LogP contribution in [0.3, 0.4) is 0 Å². The maximum Gasteiger partial charge on any atom is 0.339 e. The Balaban J connectivity index is 1.84. The highest BCUT2D eigenvalue weighted by molar-refractivity contribution is 7.12. The molecule has 0 aliphatic rings. The largest absolute Gasteiger partial charge is 0.465 e. The summed E-state index contributed by atoms with van der Waals surface area (Å²) in [6, 6.07) is 33.0. The molecule has 1 heterocycles. The zero-order valence-electron chi connectivity index (χ0n) is 16.2. The Morgan fingerprint density at radius 2 is 1.34 bits per heavy atom. The molecule has 0 saturated carbocycles. The number of hydrogen-bond donors (Lipinski definition) is 0. The third-order valence-electron chi connectivity index (χ3n) is 4.97. The lowest BCUT2D eigenvalue weighted by Crippen LogP contribution is -2.08. The molecule has 0 spiro atoms. The molecule has 4 aromatic rings. The molecule has 4 rings (SSSR count). The van der Waals surface area contributed by atoms with Crippen LogP contribution >= 0.6 is 11.3 Å². The van der Waals surface area contributed by atoms with Crippen LogP contribution < -0.4 is 0 Å². The van der Waals surface area contributed by atoms with E-state index in [2.05, 4.69) is 36.4 Å². The molecule has 0 bridgehead atoms. The third-order valence-corrected chi connectivity index (χ3v) is 6.17. The number of carbonyl (C=O) groups is 1. The summed E-state index contributed by atoms with van der Waals surface area (Å²) >= 11 is 1.69. The fourth-order valence-corrected chi connectivity index (χ4v) is 4.95. The number of hydrogen-bond acceptors (Lipinski definition) is 3. The van der Waals surface area contributed by atoms with Gasteiger partial charge in [-0.25, -0.2) is 4.79 Å². The predicted molar refractivity (Wildman–Crippen MR) is 119 cm³/mol. The quantitative estimate of drug-likeness (QED) is 0.356. The number of thiophene rings is 1. The molecule has 0 aliphatic heterocycles. The van der Waals surface area contributed by atoms with Crippen LogP contribution in [0.25, 0.3) is 0 Å². The van der Waals surface area contributed by atoms with Gasteiger partial charge in [0.05, 0.1) is 12.7 Å². The third kappa shape index (κ3) is 4.30. The molecule has 1 aromatic heterocycles. The van der Waals surface area contributed by atoms with E-state index in [0.29, 0.717) is 5.56 Å². The molecule has 0 fully saturated rings. The van der Waals surface area contributed by atoms with Gasteiger partial charge in [0, 0.05) is 22.1 Å². The molecule has 0 unspecified atom stereocenters. The Bertz CT molecular complexity index is 1030. The van der Waals surface area contributed by atoms with E-state index < -0.39 is 0 Å². The van der Waals surface area contributed by atoms with Gasteiger partial charge in [-0.05, 0) is 22.8 Å². The predicted octanol–water partition coefficient (Wildman–Crippen LogP) is 6.31. The van der Waals surface area contributed by atoms with Gasteiger partial charge in [0.25, 0.3) is 0 Å². The lowest BCUT2D eigenvalue weighted by atomic mass is 9.88. The molecule has 3 heteroatoms. The molecule has 144 valence electrons. The van der Waals surface area contributed by atoms with Crippen LogP contribution in [0.4, 0.5) is 0 Å². The van der Waals surface area contributed by atoms with Crippen LogP contribution in [0.1, 0.15) is 42.7 Å². The fourth-order valence-electron chi connectivity index (χ4n) is 3.61. The van der Waals surface area contributed by atoms with Crippen molar-refractivity contribution in [2.75, 3.05) is 7.11 Å². The van der Waals surface area contributed by atoms with E-state index in [1.165, 1.54) is 12.7 Å². The highest BCUT2D eigenvalue weighted by Crippen LogP contribution is 2.39. The second kappa shape index (κ2) is 8.89. The van der Waals surface area contributed by atoms with Crippen molar-refractivity contribution in [2.45, 2.75) is 12.3 Å². The number of carbonyl (C=O) groups excluding carboxylic acids is 1. The highest BCUT2D eigenvalue weighted by Gasteiger charge is 2.26. The summed E-state index contributed by atoms with van der Waals surface area (Å²) in [6.07, 6.45) is 0.797. The van der Waals surface area contributed by atoms with Crippen molar-refractivity contribution in [1.82, 2.24) is 0 Å². The van der Waals surface area contributed by atoms with Gasteiger partial charge in [0.2, 0.25) is 0 Å². The van der Waals surface area contributed by atoms with Gasteiger partial charge >= 0.3 is 5.97 Å². The summed E-state index contributed by atoms with van der Waals surface area (Å²) in [4.78, 5) is 14.8. The molecule has 0 N–H and O–H groups in total. The lowest BCUT2D eigenvalue weighted by Gasteiger charge is -2.18. The monoisotopic (exact) mass is 398 g/mol. The second-order valence-corrected chi connectivity index (χ2v) is 8.07. The number of esters is 1. The van der Waals surface area contributed by atoms with Crippen molar-refractivity contribution in [3.8, 4) is 0 Å². The average Bonchev–Trinajstić information content (AvgIpc) is 3.19. The van der Waals surface area contributed by atoms with Crippen molar-refractivity contribution in [3.63, 3.8) is 0 Å². The number of rotatable bonds is 6. The molecule has 0 radical (unpaired) electrons. The van der Waals surface area contributed by atoms with E-state index in [-0.39, 0.29) is 11.9 Å². The van der Waals surface area contributed by atoms with Crippen LogP contribution in [0.5, 0.6) is 0 Å². The Morgan fingerprint density at radius 1 is 0.828 bits per heavy atom. The standard InChI is InChI=1S/C26H22O2S/c1-28-26(27)23-18-22(17-19-11-5-2-6-12-19)29-25(23)24(20-13-7-3-8-14-20)21-15-9-4-10-16-21/h2-16,18,24H,17H2,1H3. The molecule has 0 aliphatic carbocycles. The first-order valence-corrected chi connectivity index (χ1v) is 10.4. The zero-order chi connectivity index (χ0) is 20.1. The van der Waals surface area contributed by atoms with E-state index in [4.69, 9.17) is 4.74 Å². The molecular weight excluding hydrogens is 376 g/mol. The Hall–Kier alpha value is -3.17. The maximum atomic E-state index is 12.7. The van der Waals surface area contributed by atoms with Gasteiger partial charge in [-0.15, -0.1) is 11.3 Å². The lowest BCUT2D eigenvalue weighted by molar-refractivity contribution is 0.0600. The number of benzene rings is 3. The second-order valence-electron chi connectivity index (χ2n) is 6.90. The summed E-state index contributed by atoms with van der Waals surface area (Å²) in [5.41, 5.74) is 4.21. The number of ether oxygens (including phenoxy) is 1. The SMILES string of the molecule is COC(=O)c1cc(Cc2ccccc2)sc1C(c1ccccc1)c1ccccc1. The first-order chi connectivity index (χ1) is 14.3. The summed E-state index contributed by atoms with van der Waals surface area (Å²) in [5.74, 6) is -0.298. The average molecular weight is 399 g/mol. The van der Waals surface area contributed by atoms with Crippen LogP contribution in [-0.2, 0) is 11.2 Å². The zero-order valence-corrected chi connectivity index (χ0v) is 17.1. The van der Waals surface area contributed by atoms with E-state index in [1.54, 1.807) is 11.3 Å². The fraction of sp³-hybridized carbons (Fsp3) is 0.115. The molecule has 0 amide bonds. The maximum absolute atomic E-state index is 12.7. The van der Waals surface area contributed by atoms with Crippen molar-refractivity contribution < 1.29 is 9.53 Å². The van der Waals surface area contributed by atoms with E-state index >= 15 is 0 Å². The normalized spacial score (nSPS) is 10.8. The van der Waals surface area contributed by atoms with E-state index in [9.17, 15) is 4.79 Å².